The van der Waals surface area contributed by atoms with E-state index in [1.54, 1.807) is 20.3 Å². The standard InChI is InChI=1S/C24H36N4O3S/c1-16(2)19(8-11-25-5)23(26-6)22-18(4)20(24(9-10-24)32(7,29)30)14-21(27-22)28-12-13-31-15-17(28)3/h8,11,14,16-17H,9-10,12-13,15H2,1-7H3/b19-8+,25-11?,26-23?. The smallest absolute Gasteiger partial charge is 0.157 e. The number of nitrogens with zero attached hydrogens (tertiary/aromatic N) is 4. The monoisotopic (exact) mass is 460 g/mol. The maximum atomic E-state index is 12.8. The third kappa shape index (κ3) is 4.53. The zero-order chi connectivity index (χ0) is 23.7. The van der Waals surface area contributed by atoms with E-state index in [0.717, 1.165) is 40.5 Å². The van der Waals surface area contributed by atoms with Crippen LogP contribution < -0.4 is 4.90 Å². The molecule has 1 aromatic heterocycles. The largest absolute Gasteiger partial charge is 0.377 e. The first-order chi connectivity index (χ1) is 15.1. The van der Waals surface area contributed by atoms with Gasteiger partial charge >= 0.3 is 0 Å². The van der Waals surface area contributed by atoms with Gasteiger partial charge in [0.1, 0.15) is 5.82 Å². The molecule has 1 aliphatic heterocycles. The number of pyridine rings is 1. The summed E-state index contributed by atoms with van der Waals surface area (Å²) in [5.74, 6) is 0.992. The molecular weight excluding hydrogens is 424 g/mol. The zero-order valence-corrected chi connectivity index (χ0v) is 21.2. The van der Waals surface area contributed by atoms with Gasteiger partial charge in [0.2, 0.25) is 0 Å². The fraction of sp³-hybridized carbons (Fsp3) is 0.625. The van der Waals surface area contributed by atoms with Gasteiger partial charge in [-0.1, -0.05) is 13.8 Å². The Labute approximate surface area is 192 Å². The van der Waals surface area contributed by atoms with Crippen molar-refractivity contribution >= 4 is 27.6 Å². The van der Waals surface area contributed by atoms with Crippen LogP contribution in [0.15, 0.2) is 27.7 Å². The van der Waals surface area contributed by atoms with E-state index >= 15 is 0 Å². The fourth-order valence-corrected chi connectivity index (χ4v) is 5.99. The van der Waals surface area contributed by atoms with Gasteiger partial charge in [-0.3, -0.25) is 9.98 Å². The Bertz CT molecular complexity index is 1050. The molecule has 0 aromatic carbocycles. The van der Waals surface area contributed by atoms with Crippen molar-refractivity contribution in [1.29, 1.82) is 0 Å². The second-order valence-electron chi connectivity index (χ2n) is 9.14. The molecule has 2 fully saturated rings. The van der Waals surface area contributed by atoms with E-state index in [2.05, 4.69) is 35.7 Å². The third-order valence-corrected chi connectivity index (χ3v) is 8.62. The van der Waals surface area contributed by atoms with Crippen molar-refractivity contribution in [3.63, 3.8) is 0 Å². The summed E-state index contributed by atoms with van der Waals surface area (Å²) in [5.41, 5.74) is 4.30. The van der Waals surface area contributed by atoms with E-state index in [4.69, 9.17) is 9.72 Å². The van der Waals surface area contributed by atoms with E-state index in [0.29, 0.717) is 26.1 Å². The highest BCUT2D eigenvalue weighted by Gasteiger charge is 2.55. The van der Waals surface area contributed by atoms with Crippen LogP contribution >= 0.6 is 0 Å². The van der Waals surface area contributed by atoms with Crippen molar-refractivity contribution in [2.45, 2.75) is 51.3 Å². The van der Waals surface area contributed by atoms with Crippen LogP contribution in [0.2, 0.25) is 0 Å². The maximum absolute atomic E-state index is 12.8. The molecule has 1 aliphatic carbocycles. The van der Waals surface area contributed by atoms with Crippen LogP contribution in [0.1, 0.15) is 50.4 Å². The summed E-state index contributed by atoms with van der Waals surface area (Å²) in [6.07, 6.45) is 6.37. The number of sulfone groups is 1. The Kier molecular flexibility index (Phi) is 7.25. The van der Waals surface area contributed by atoms with Gasteiger partial charge in [-0.15, -0.1) is 0 Å². The summed E-state index contributed by atoms with van der Waals surface area (Å²) in [6.45, 7) is 10.3. The minimum Gasteiger partial charge on any atom is -0.377 e. The lowest BCUT2D eigenvalue weighted by Gasteiger charge is -2.35. The molecule has 0 spiro atoms. The molecule has 1 saturated carbocycles. The number of anilines is 1. The predicted molar refractivity (Wildman–Crippen MR) is 132 cm³/mol. The summed E-state index contributed by atoms with van der Waals surface area (Å²) in [5, 5.41) is 0. The van der Waals surface area contributed by atoms with E-state index in [1.165, 1.54) is 6.26 Å². The molecule has 32 heavy (non-hydrogen) atoms. The molecule has 2 heterocycles. The second-order valence-corrected chi connectivity index (χ2v) is 11.5. The number of morpholine rings is 1. The Balaban J connectivity index is 2.27. The molecule has 2 aliphatic rings. The van der Waals surface area contributed by atoms with Gasteiger partial charge in [-0.25, -0.2) is 13.4 Å². The third-order valence-electron chi connectivity index (χ3n) is 6.57. The van der Waals surface area contributed by atoms with Crippen molar-refractivity contribution in [1.82, 2.24) is 4.98 Å². The van der Waals surface area contributed by atoms with Crippen LogP contribution in [0.25, 0.3) is 0 Å². The second kappa shape index (κ2) is 9.43. The molecule has 8 heteroatoms. The molecule has 176 valence electrons. The number of aromatic nitrogens is 1. The Morgan fingerprint density at radius 1 is 1.34 bits per heavy atom. The van der Waals surface area contributed by atoms with Crippen molar-refractivity contribution in [2.24, 2.45) is 15.9 Å². The first-order valence-electron chi connectivity index (χ1n) is 11.2. The quantitative estimate of drug-likeness (QED) is 0.583. The van der Waals surface area contributed by atoms with Crippen molar-refractivity contribution in [3.05, 3.63) is 34.5 Å². The molecular formula is C24H36N4O3S. The topological polar surface area (TPSA) is 84.2 Å². The molecule has 0 bridgehead atoms. The van der Waals surface area contributed by atoms with Gasteiger partial charge in [0.15, 0.2) is 9.84 Å². The molecule has 7 nitrogen and oxygen atoms in total. The van der Waals surface area contributed by atoms with E-state index < -0.39 is 14.6 Å². The highest BCUT2D eigenvalue weighted by molar-refractivity contribution is 7.92. The van der Waals surface area contributed by atoms with Gasteiger partial charge in [0, 0.05) is 33.1 Å². The van der Waals surface area contributed by atoms with Gasteiger partial charge in [-0.2, -0.15) is 0 Å². The van der Waals surface area contributed by atoms with Crippen LogP contribution in [0.3, 0.4) is 0 Å². The number of aliphatic imine (C=N–C) groups is 2. The van der Waals surface area contributed by atoms with Crippen LogP contribution in [0.5, 0.6) is 0 Å². The van der Waals surface area contributed by atoms with Gasteiger partial charge < -0.3 is 9.64 Å². The van der Waals surface area contributed by atoms with Crippen molar-refractivity contribution < 1.29 is 13.2 Å². The van der Waals surface area contributed by atoms with Crippen molar-refractivity contribution in [3.8, 4) is 0 Å². The lowest BCUT2D eigenvalue weighted by Crippen LogP contribution is -2.44. The first kappa shape index (κ1) is 24.6. The summed E-state index contributed by atoms with van der Waals surface area (Å²) in [4.78, 5) is 16.0. The van der Waals surface area contributed by atoms with E-state index in [9.17, 15) is 8.42 Å². The van der Waals surface area contributed by atoms with Gasteiger partial charge in [-0.05, 0) is 61.4 Å². The lowest BCUT2D eigenvalue weighted by atomic mass is 9.91. The number of hydrogen-bond donors (Lipinski definition) is 0. The molecule has 1 unspecified atom stereocenters. The molecule has 0 amide bonds. The summed E-state index contributed by atoms with van der Waals surface area (Å²) < 4.78 is 30.5. The highest BCUT2D eigenvalue weighted by atomic mass is 32.2. The Morgan fingerprint density at radius 2 is 2.03 bits per heavy atom. The van der Waals surface area contributed by atoms with Crippen LogP contribution in [-0.2, 0) is 19.3 Å². The van der Waals surface area contributed by atoms with Gasteiger partial charge in [0.05, 0.1) is 35.4 Å². The SMILES string of the molecule is CN=C/C=C(/C(=NC)c1nc(N2CCOCC2C)cc(C2(S(C)(=O)=O)CC2)c1C)C(C)C. The summed E-state index contributed by atoms with van der Waals surface area (Å²) >= 11 is 0. The molecule has 0 radical (unpaired) electrons. The van der Waals surface area contributed by atoms with Gasteiger partial charge in [0.25, 0.3) is 0 Å². The van der Waals surface area contributed by atoms with Crippen LogP contribution in [0.4, 0.5) is 5.82 Å². The lowest BCUT2D eigenvalue weighted by molar-refractivity contribution is 0.0985. The highest BCUT2D eigenvalue weighted by Crippen LogP contribution is 2.54. The molecule has 1 atom stereocenters. The summed E-state index contributed by atoms with van der Waals surface area (Å²) in [6, 6.07) is 2.15. The molecule has 1 saturated heterocycles. The molecule has 1 aromatic rings. The average molecular weight is 461 g/mol. The minimum absolute atomic E-state index is 0.155. The Morgan fingerprint density at radius 3 is 2.53 bits per heavy atom. The number of hydrogen-bond acceptors (Lipinski definition) is 7. The molecule has 3 rings (SSSR count). The number of ether oxygens (including phenoxy) is 1. The maximum Gasteiger partial charge on any atom is 0.157 e. The van der Waals surface area contributed by atoms with Crippen LogP contribution in [-0.4, -0.2) is 71.5 Å². The predicted octanol–water partition coefficient (Wildman–Crippen LogP) is 3.35. The summed E-state index contributed by atoms with van der Waals surface area (Å²) in [7, 11) is 0.231. The normalized spacial score (nSPS) is 22.1. The molecule has 0 N–H and O–H groups in total. The van der Waals surface area contributed by atoms with E-state index in [-0.39, 0.29) is 12.0 Å². The Hall–Kier alpha value is -2.06. The minimum atomic E-state index is -3.27. The van der Waals surface area contributed by atoms with E-state index in [1.807, 2.05) is 19.1 Å². The first-order valence-corrected chi connectivity index (χ1v) is 13.1. The van der Waals surface area contributed by atoms with Crippen LogP contribution in [0, 0.1) is 12.8 Å². The fourth-order valence-electron chi connectivity index (χ4n) is 4.54. The van der Waals surface area contributed by atoms with Crippen molar-refractivity contribution in [2.75, 3.05) is 45.0 Å². The average Bonchev–Trinajstić information content (AvgIpc) is 3.54. The zero-order valence-electron chi connectivity index (χ0n) is 20.3. The number of rotatable bonds is 7. The number of allylic oxidation sites excluding steroid dienone is 2.